The van der Waals surface area contributed by atoms with Crippen molar-refractivity contribution < 1.29 is 28.3 Å². The first-order chi connectivity index (χ1) is 6.70. The number of nitrogens with zero attached hydrogens (tertiary/aromatic N) is 1. The highest BCUT2D eigenvalue weighted by Crippen LogP contribution is 1.94. The van der Waals surface area contributed by atoms with E-state index in [1.807, 2.05) is 36.1 Å². The Kier molecular flexibility index (Phi) is 5.06. The van der Waals surface area contributed by atoms with E-state index in [1.165, 1.54) is 0 Å². The molecule has 1 aromatic heterocycles. The number of hydrogen-bond donors (Lipinski definition) is 0. The van der Waals surface area contributed by atoms with E-state index in [0.717, 1.165) is 5.56 Å². The van der Waals surface area contributed by atoms with Crippen LogP contribution >= 0.6 is 0 Å². The molecule has 0 spiro atoms. The Morgan fingerprint density at radius 2 is 1.67 bits per heavy atom. The molecule has 0 saturated heterocycles. The van der Waals surface area contributed by atoms with E-state index < -0.39 is 10.4 Å². The first-order valence-corrected chi connectivity index (χ1v) is 5.16. The van der Waals surface area contributed by atoms with Crippen LogP contribution in [0, 0.1) is 0 Å². The molecule has 0 aliphatic carbocycles. The van der Waals surface area contributed by atoms with Gasteiger partial charge in [0.2, 0.25) is 0 Å². The Morgan fingerprint density at radius 1 is 1.33 bits per heavy atom. The zero-order chi connectivity index (χ0) is 12.1. The summed E-state index contributed by atoms with van der Waals surface area (Å²) >= 11 is 0. The molecule has 0 radical (unpaired) electrons. The third-order valence-electron chi connectivity index (χ3n) is 1.38. The summed E-state index contributed by atoms with van der Waals surface area (Å²) < 4.78 is 36.0. The van der Waals surface area contributed by atoms with Crippen molar-refractivity contribution in [2.24, 2.45) is 7.05 Å². The lowest BCUT2D eigenvalue weighted by atomic mass is 10.2. The predicted octanol–water partition coefficient (Wildman–Crippen LogP) is -0.512. The molecule has 0 aliphatic rings. The monoisotopic (exact) mass is 233 g/mol. The third-order valence-corrected chi connectivity index (χ3v) is 1.38. The van der Waals surface area contributed by atoms with Crippen LogP contribution in [0.15, 0.2) is 24.5 Å². The van der Waals surface area contributed by atoms with Gasteiger partial charge in [0.05, 0.1) is 0 Å². The second-order valence-corrected chi connectivity index (χ2v) is 3.53. The minimum Gasteiger partial charge on any atom is -0.759 e. The molecule has 0 N–H and O–H groups in total. The van der Waals surface area contributed by atoms with Crippen LogP contribution in [0.1, 0.15) is 18.7 Å². The van der Waals surface area contributed by atoms with Crippen LogP contribution in [0.5, 0.6) is 0 Å². The van der Waals surface area contributed by atoms with Gasteiger partial charge in [-0.25, -0.2) is 4.57 Å². The summed E-state index contributed by atoms with van der Waals surface area (Å²) in [6, 6.07) is 3.62. The number of carbonyl (C=O) groups is 1. The van der Waals surface area contributed by atoms with Gasteiger partial charge in [-0.2, -0.15) is 0 Å². The minimum atomic E-state index is -5.17. The Balaban J connectivity index is 0. The van der Waals surface area contributed by atoms with Crippen molar-refractivity contribution >= 4 is 16.2 Å². The summed E-state index contributed by atoms with van der Waals surface area (Å²) in [5, 5.41) is 0. The number of rotatable bonds is 1. The van der Waals surface area contributed by atoms with Gasteiger partial charge < -0.3 is 9.11 Å². The summed E-state index contributed by atoms with van der Waals surface area (Å²) in [6.07, 6.45) is 3.72. The summed E-state index contributed by atoms with van der Waals surface area (Å²) in [5.74, 6) is 0.112. The molecular formula is C8H11NO5S. The molecule has 0 aliphatic heterocycles. The number of pyridine rings is 1. The minimum absolute atomic E-state index is 0. The van der Waals surface area contributed by atoms with Gasteiger partial charge in [0.1, 0.15) is 7.05 Å². The zero-order valence-electron chi connectivity index (χ0n) is 9.21. The molecule has 0 atom stereocenters. The van der Waals surface area contributed by atoms with E-state index in [0.29, 0.717) is 0 Å². The molecule has 0 aromatic carbocycles. The van der Waals surface area contributed by atoms with Gasteiger partial charge in [0.25, 0.3) is 0 Å². The van der Waals surface area contributed by atoms with Gasteiger partial charge >= 0.3 is 1.43 Å². The van der Waals surface area contributed by atoms with E-state index >= 15 is 0 Å². The molecule has 7 heteroatoms. The summed E-state index contributed by atoms with van der Waals surface area (Å²) in [4.78, 5) is 10.7. The molecule has 1 rings (SSSR count). The van der Waals surface area contributed by atoms with Crippen LogP contribution in [0.4, 0.5) is 0 Å². The molecule has 0 fully saturated rings. The van der Waals surface area contributed by atoms with Gasteiger partial charge in [0, 0.05) is 28.1 Å². The number of aromatic nitrogens is 1. The van der Waals surface area contributed by atoms with Crippen molar-refractivity contribution in [1.82, 2.24) is 0 Å². The second-order valence-electron chi connectivity index (χ2n) is 2.72. The average Bonchev–Trinajstić information content (AvgIpc) is 2.01. The van der Waals surface area contributed by atoms with E-state index in [2.05, 4.69) is 0 Å². The highest BCUT2D eigenvalue weighted by molar-refractivity contribution is 7.79. The van der Waals surface area contributed by atoms with Crippen molar-refractivity contribution in [3.8, 4) is 0 Å². The van der Waals surface area contributed by atoms with Gasteiger partial charge in [-0.3, -0.25) is 13.2 Å². The first kappa shape index (κ1) is 13.7. The maximum atomic E-state index is 10.7. The fourth-order valence-electron chi connectivity index (χ4n) is 0.736. The topological polar surface area (TPSA) is 101 Å². The molecule has 1 heterocycles. The zero-order valence-corrected chi connectivity index (χ0v) is 9.02. The van der Waals surface area contributed by atoms with E-state index in [9.17, 15) is 4.79 Å². The third kappa shape index (κ3) is 9.01. The summed E-state index contributed by atoms with van der Waals surface area (Å²) in [7, 11) is -3.25. The van der Waals surface area contributed by atoms with Crippen LogP contribution in [-0.2, 0) is 17.4 Å². The molecule has 6 nitrogen and oxygen atoms in total. The fourth-order valence-corrected chi connectivity index (χ4v) is 0.736. The number of ketones is 1. The number of aryl methyl sites for hydroxylation is 1. The Hall–Kier alpha value is -1.31. The summed E-state index contributed by atoms with van der Waals surface area (Å²) in [6.45, 7) is 1.56. The van der Waals surface area contributed by atoms with E-state index in [1.54, 1.807) is 6.92 Å². The predicted molar refractivity (Wildman–Crippen MR) is 49.2 cm³/mol. The van der Waals surface area contributed by atoms with Crippen LogP contribution < -0.4 is 4.57 Å². The van der Waals surface area contributed by atoms with Gasteiger partial charge in [0.15, 0.2) is 18.2 Å². The van der Waals surface area contributed by atoms with E-state index in [-0.39, 0.29) is 7.21 Å². The Labute approximate surface area is 89.2 Å². The SMILES string of the molecule is CC(=O)c1cc[n+](C)cc1.O=S(=O)([O-])[O-].[H+]. The first-order valence-electron chi connectivity index (χ1n) is 3.83. The molecule has 1 aromatic rings. The number of hydrogen-bond acceptors (Lipinski definition) is 5. The van der Waals surface area contributed by atoms with Crippen LogP contribution in [0.2, 0.25) is 0 Å². The van der Waals surface area contributed by atoms with Crippen molar-refractivity contribution in [1.29, 1.82) is 0 Å². The maximum Gasteiger partial charge on any atom is 1.00 e. The molecule has 15 heavy (non-hydrogen) atoms. The molecular weight excluding hydrogens is 222 g/mol. The lowest BCUT2D eigenvalue weighted by Crippen LogP contribution is -2.26. The van der Waals surface area contributed by atoms with Gasteiger partial charge in [-0.15, -0.1) is 0 Å². The van der Waals surface area contributed by atoms with Crippen molar-refractivity contribution in [2.45, 2.75) is 6.92 Å². The van der Waals surface area contributed by atoms with Crippen molar-refractivity contribution in [2.75, 3.05) is 0 Å². The van der Waals surface area contributed by atoms with E-state index in [4.69, 9.17) is 17.5 Å². The Bertz CT molecular complexity index is 420. The van der Waals surface area contributed by atoms with Crippen molar-refractivity contribution in [3.63, 3.8) is 0 Å². The normalized spacial score (nSPS) is 10.1. The van der Waals surface area contributed by atoms with Crippen LogP contribution in [0.3, 0.4) is 0 Å². The molecule has 84 valence electrons. The number of Topliss-reactive ketones (excluding diaryl/α,β-unsaturated/α-hetero) is 1. The smallest absolute Gasteiger partial charge is 0.759 e. The van der Waals surface area contributed by atoms with Crippen molar-refractivity contribution in [3.05, 3.63) is 30.1 Å². The highest BCUT2D eigenvalue weighted by atomic mass is 32.3. The largest absolute Gasteiger partial charge is 1.00 e. The van der Waals surface area contributed by atoms with Crippen LogP contribution in [0.25, 0.3) is 0 Å². The standard InChI is InChI=1S/C8H10NO.H2O4S/c1-7(10)8-3-5-9(2)6-4-8;1-5(2,3)4/h3-6H,1-2H3;(H2,1,2,3,4)/q+1;/p-1. The van der Waals surface area contributed by atoms with Gasteiger partial charge in [-0.05, 0) is 6.92 Å². The summed E-state index contributed by atoms with van der Waals surface area (Å²) in [5.41, 5.74) is 0.762. The number of carbonyl (C=O) groups excluding carboxylic acids is 1. The highest BCUT2D eigenvalue weighted by Gasteiger charge is 1.98. The molecule has 0 amide bonds. The Morgan fingerprint density at radius 3 is 1.93 bits per heavy atom. The molecule has 0 unspecified atom stereocenters. The second kappa shape index (κ2) is 5.54. The van der Waals surface area contributed by atoms with Crippen LogP contribution in [-0.4, -0.2) is 23.3 Å². The van der Waals surface area contributed by atoms with Gasteiger partial charge in [-0.1, -0.05) is 0 Å². The lowest BCUT2D eigenvalue weighted by molar-refractivity contribution is -0.671. The molecule has 0 saturated carbocycles. The lowest BCUT2D eigenvalue weighted by Gasteiger charge is -2.06. The average molecular weight is 233 g/mol. The maximum absolute atomic E-state index is 10.7. The molecule has 0 bridgehead atoms. The fraction of sp³-hybridized carbons (Fsp3) is 0.250. The quantitative estimate of drug-likeness (QED) is 0.281.